The number of nitrogens with two attached hydrogens (primary N) is 2. The lowest BCUT2D eigenvalue weighted by Gasteiger charge is -2.22. The van der Waals surface area contributed by atoms with Crippen molar-refractivity contribution in [3.8, 4) is 0 Å². The summed E-state index contributed by atoms with van der Waals surface area (Å²) < 4.78 is 22.9. The fourth-order valence-electron chi connectivity index (χ4n) is 2.06. The summed E-state index contributed by atoms with van der Waals surface area (Å²) >= 11 is 0. The molecule has 2 rings (SSSR count). The quantitative estimate of drug-likeness (QED) is 0.836. The van der Waals surface area contributed by atoms with Gasteiger partial charge in [0.05, 0.1) is 11.4 Å². The van der Waals surface area contributed by atoms with Gasteiger partial charge < -0.3 is 10.6 Å². The van der Waals surface area contributed by atoms with E-state index < -0.39 is 10.0 Å². The van der Waals surface area contributed by atoms with Gasteiger partial charge in [-0.2, -0.15) is 0 Å². The van der Waals surface area contributed by atoms with Crippen molar-refractivity contribution in [2.45, 2.75) is 11.4 Å². The summed E-state index contributed by atoms with van der Waals surface area (Å²) in [6.07, 6.45) is 0. The van der Waals surface area contributed by atoms with Crippen LogP contribution < -0.4 is 15.8 Å². The van der Waals surface area contributed by atoms with Crippen LogP contribution in [0.3, 0.4) is 0 Å². The molecule has 0 aliphatic carbocycles. The predicted octanol–water partition coefficient (Wildman–Crippen LogP) is 1.55. The van der Waals surface area contributed by atoms with Crippen LogP contribution in [0.2, 0.25) is 0 Å². The molecule has 2 aromatic carbocycles. The van der Waals surface area contributed by atoms with Crippen LogP contribution in [-0.2, 0) is 16.6 Å². The number of rotatable bonds is 4. The molecule has 0 fully saturated rings. The summed E-state index contributed by atoms with van der Waals surface area (Å²) in [5, 5.41) is 5.15. The Bertz CT molecular complexity index is 700. The van der Waals surface area contributed by atoms with Crippen molar-refractivity contribution < 1.29 is 8.42 Å². The van der Waals surface area contributed by atoms with Crippen LogP contribution in [-0.4, -0.2) is 15.5 Å². The molecule has 0 unspecified atom stereocenters. The molecule has 0 saturated carbocycles. The number of nitrogens with zero attached hydrogens (tertiary/aromatic N) is 1. The lowest BCUT2D eigenvalue weighted by Crippen LogP contribution is -2.20. The van der Waals surface area contributed by atoms with Gasteiger partial charge in [-0.3, -0.25) is 0 Å². The normalized spacial score (nSPS) is 11.3. The monoisotopic (exact) mass is 291 g/mol. The van der Waals surface area contributed by atoms with Gasteiger partial charge in [-0.1, -0.05) is 36.4 Å². The van der Waals surface area contributed by atoms with Crippen LogP contribution in [0.5, 0.6) is 0 Å². The van der Waals surface area contributed by atoms with Crippen LogP contribution >= 0.6 is 0 Å². The van der Waals surface area contributed by atoms with Crippen LogP contribution in [0.15, 0.2) is 53.4 Å². The Hall–Kier alpha value is -2.05. The molecular formula is C14H17N3O2S. The van der Waals surface area contributed by atoms with Crippen molar-refractivity contribution in [3.05, 3.63) is 54.1 Å². The molecule has 0 bridgehead atoms. The van der Waals surface area contributed by atoms with Crippen molar-refractivity contribution in [1.29, 1.82) is 0 Å². The Balaban J connectivity index is 2.34. The summed E-state index contributed by atoms with van der Waals surface area (Å²) in [6, 6.07) is 14.6. The molecule has 0 radical (unpaired) electrons. The average molecular weight is 291 g/mol. The molecule has 0 atom stereocenters. The molecule has 20 heavy (non-hydrogen) atoms. The molecule has 0 amide bonds. The molecule has 0 spiro atoms. The van der Waals surface area contributed by atoms with Gasteiger partial charge in [-0.15, -0.1) is 0 Å². The van der Waals surface area contributed by atoms with Crippen LogP contribution in [0.1, 0.15) is 5.56 Å². The van der Waals surface area contributed by atoms with Crippen LogP contribution in [0.4, 0.5) is 11.4 Å². The minimum absolute atomic E-state index is 0.0464. The lowest BCUT2D eigenvalue weighted by molar-refractivity contribution is 0.598. The number of primary sulfonamides is 1. The summed E-state index contributed by atoms with van der Waals surface area (Å²) in [5.74, 6) is 0. The Morgan fingerprint density at radius 1 is 1.05 bits per heavy atom. The number of para-hydroxylation sites is 1. The van der Waals surface area contributed by atoms with E-state index in [1.807, 2.05) is 42.3 Å². The average Bonchev–Trinajstić information content (AvgIpc) is 2.38. The Morgan fingerprint density at radius 3 is 2.30 bits per heavy atom. The summed E-state index contributed by atoms with van der Waals surface area (Å²) in [6.45, 7) is 0.624. The fraction of sp³-hybridized carbons (Fsp3) is 0.143. The van der Waals surface area contributed by atoms with E-state index >= 15 is 0 Å². The molecule has 6 heteroatoms. The number of hydrogen-bond acceptors (Lipinski definition) is 4. The standard InChI is InChI=1S/C14H17N3O2S/c1-17(10-11-6-3-2-4-7-11)12-8-5-9-13(14(12)15)20(16,18)19/h2-9H,10,15H2,1H3,(H2,16,18,19). The third-order valence-electron chi connectivity index (χ3n) is 3.02. The molecule has 0 saturated heterocycles. The Labute approximate surface area is 118 Å². The first-order valence-corrected chi connectivity index (χ1v) is 7.60. The minimum Gasteiger partial charge on any atom is -0.396 e. The van der Waals surface area contributed by atoms with E-state index in [-0.39, 0.29) is 10.6 Å². The fourth-order valence-corrected chi connectivity index (χ4v) is 2.74. The highest BCUT2D eigenvalue weighted by Gasteiger charge is 2.16. The van der Waals surface area contributed by atoms with Crippen molar-refractivity contribution in [2.75, 3.05) is 17.7 Å². The zero-order valence-electron chi connectivity index (χ0n) is 11.2. The van der Waals surface area contributed by atoms with Gasteiger partial charge in [0.25, 0.3) is 0 Å². The predicted molar refractivity (Wildman–Crippen MR) is 80.8 cm³/mol. The van der Waals surface area contributed by atoms with E-state index in [1.165, 1.54) is 6.07 Å². The van der Waals surface area contributed by atoms with E-state index in [2.05, 4.69) is 0 Å². The minimum atomic E-state index is -3.81. The van der Waals surface area contributed by atoms with E-state index in [9.17, 15) is 8.42 Å². The summed E-state index contributed by atoms with van der Waals surface area (Å²) in [7, 11) is -1.96. The van der Waals surface area contributed by atoms with Crippen molar-refractivity contribution >= 4 is 21.4 Å². The number of hydrogen-bond donors (Lipinski definition) is 2. The number of anilines is 2. The molecule has 5 nitrogen and oxygen atoms in total. The number of benzene rings is 2. The highest BCUT2D eigenvalue weighted by Crippen LogP contribution is 2.29. The van der Waals surface area contributed by atoms with Crippen LogP contribution in [0, 0.1) is 0 Å². The number of nitrogen functional groups attached to an aromatic ring is 1. The highest BCUT2D eigenvalue weighted by molar-refractivity contribution is 7.89. The third-order valence-corrected chi connectivity index (χ3v) is 3.99. The van der Waals surface area contributed by atoms with Gasteiger partial charge in [0.2, 0.25) is 10.0 Å². The van der Waals surface area contributed by atoms with Gasteiger partial charge in [-0.05, 0) is 17.7 Å². The van der Waals surface area contributed by atoms with Gasteiger partial charge >= 0.3 is 0 Å². The lowest BCUT2D eigenvalue weighted by atomic mass is 10.2. The maximum atomic E-state index is 11.5. The molecule has 106 valence electrons. The molecule has 0 aromatic heterocycles. The van der Waals surface area contributed by atoms with E-state index in [1.54, 1.807) is 12.1 Å². The Kier molecular flexibility index (Phi) is 3.96. The van der Waals surface area contributed by atoms with Crippen molar-refractivity contribution in [3.63, 3.8) is 0 Å². The smallest absolute Gasteiger partial charge is 0.240 e. The third kappa shape index (κ3) is 3.09. The first-order valence-electron chi connectivity index (χ1n) is 6.06. The van der Waals surface area contributed by atoms with Crippen LogP contribution in [0.25, 0.3) is 0 Å². The molecule has 0 aliphatic heterocycles. The van der Waals surface area contributed by atoms with Crippen molar-refractivity contribution in [1.82, 2.24) is 0 Å². The molecule has 0 heterocycles. The molecule has 2 aromatic rings. The zero-order valence-corrected chi connectivity index (χ0v) is 12.0. The van der Waals surface area contributed by atoms with Gasteiger partial charge in [-0.25, -0.2) is 13.6 Å². The topological polar surface area (TPSA) is 89.4 Å². The van der Waals surface area contributed by atoms with E-state index in [4.69, 9.17) is 10.9 Å². The SMILES string of the molecule is CN(Cc1ccccc1)c1cccc(S(N)(=O)=O)c1N. The maximum absolute atomic E-state index is 11.5. The first kappa shape index (κ1) is 14.4. The second-order valence-electron chi connectivity index (χ2n) is 4.58. The second-order valence-corrected chi connectivity index (χ2v) is 6.11. The molecule has 0 aliphatic rings. The highest BCUT2D eigenvalue weighted by atomic mass is 32.2. The second kappa shape index (κ2) is 5.52. The molecular weight excluding hydrogens is 274 g/mol. The zero-order chi connectivity index (χ0) is 14.8. The number of sulfonamides is 1. The van der Waals surface area contributed by atoms with Gasteiger partial charge in [0.15, 0.2) is 0 Å². The summed E-state index contributed by atoms with van der Waals surface area (Å²) in [4.78, 5) is 1.84. The largest absolute Gasteiger partial charge is 0.396 e. The van der Waals surface area contributed by atoms with Gasteiger partial charge in [0, 0.05) is 13.6 Å². The van der Waals surface area contributed by atoms with Crippen molar-refractivity contribution in [2.24, 2.45) is 5.14 Å². The Morgan fingerprint density at radius 2 is 1.70 bits per heavy atom. The first-order chi connectivity index (χ1) is 9.39. The maximum Gasteiger partial charge on any atom is 0.240 e. The van der Waals surface area contributed by atoms with E-state index in [0.29, 0.717) is 12.2 Å². The van der Waals surface area contributed by atoms with Gasteiger partial charge in [0.1, 0.15) is 4.90 Å². The van der Waals surface area contributed by atoms with E-state index in [0.717, 1.165) is 5.56 Å². The molecule has 4 N–H and O–H groups in total. The summed E-state index contributed by atoms with van der Waals surface area (Å²) in [5.41, 5.74) is 7.84.